The standard InChI is InChI=1S/C20H28BrN5O/c1-5-22-20(26(4)14-17-7-6-12-25(17)3)23-11-10-19(27)24-18-9-8-16(21)13-15(18)2/h6-9,12-13H,5,10-11,14H2,1-4H3,(H,22,23)(H,24,27). The molecule has 1 heterocycles. The third kappa shape index (κ3) is 6.43. The van der Waals surface area contributed by atoms with Crippen molar-refractivity contribution < 1.29 is 4.79 Å². The van der Waals surface area contributed by atoms with Crippen LogP contribution in [0.3, 0.4) is 0 Å². The average Bonchev–Trinajstić information content (AvgIpc) is 3.01. The third-order valence-electron chi connectivity index (χ3n) is 4.21. The van der Waals surface area contributed by atoms with E-state index >= 15 is 0 Å². The van der Waals surface area contributed by atoms with Crippen LogP contribution < -0.4 is 10.6 Å². The van der Waals surface area contributed by atoms with Gasteiger partial charge in [-0.2, -0.15) is 0 Å². The van der Waals surface area contributed by atoms with Gasteiger partial charge in [0.1, 0.15) is 0 Å². The average molecular weight is 434 g/mol. The molecule has 0 aliphatic carbocycles. The lowest BCUT2D eigenvalue weighted by atomic mass is 10.2. The summed E-state index contributed by atoms with van der Waals surface area (Å²) >= 11 is 3.43. The number of amides is 1. The van der Waals surface area contributed by atoms with E-state index in [-0.39, 0.29) is 5.91 Å². The van der Waals surface area contributed by atoms with Gasteiger partial charge in [0.2, 0.25) is 5.91 Å². The van der Waals surface area contributed by atoms with Crippen molar-refractivity contribution in [3.8, 4) is 0 Å². The van der Waals surface area contributed by atoms with E-state index in [9.17, 15) is 4.79 Å². The second-order valence-corrected chi connectivity index (χ2v) is 7.38. The van der Waals surface area contributed by atoms with Gasteiger partial charge in [-0.15, -0.1) is 0 Å². The van der Waals surface area contributed by atoms with E-state index in [2.05, 4.69) is 47.1 Å². The van der Waals surface area contributed by atoms with Crippen LogP contribution in [0.2, 0.25) is 0 Å². The molecule has 0 radical (unpaired) electrons. The van der Waals surface area contributed by atoms with E-state index in [1.54, 1.807) is 0 Å². The van der Waals surface area contributed by atoms with E-state index in [0.29, 0.717) is 13.0 Å². The molecule has 2 N–H and O–H groups in total. The number of nitrogens with zero attached hydrogens (tertiary/aromatic N) is 3. The van der Waals surface area contributed by atoms with Gasteiger partial charge in [0.25, 0.3) is 0 Å². The fourth-order valence-electron chi connectivity index (χ4n) is 2.69. The first-order valence-corrected chi connectivity index (χ1v) is 9.85. The van der Waals surface area contributed by atoms with Gasteiger partial charge in [-0.1, -0.05) is 15.9 Å². The molecule has 2 rings (SSSR count). The number of hydrogen-bond donors (Lipinski definition) is 2. The van der Waals surface area contributed by atoms with Gasteiger partial charge in [-0.3, -0.25) is 9.79 Å². The summed E-state index contributed by atoms with van der Waals surface area (Å²) in [7, 11) is 4.03. The van der Waals surface area contributed by atoms with Crippen LogP contribution in [0.4, 0.5) is 5.69 Å². The Kier molecular flexibility index (Phi) is 7.91. The summed E-state index contributed by atoms with van der Waals surface area (Å²) in [5, 5.41) is 6.23. The molecular formula is C20H28BrN5O. The van der Waals surface area contributed by atoms with E-state index in [4.69, 9.17) is 0 Å². The van der Waals surface area contributed by atoms with Crippen LogP contribution >= 0.6 is 15.9 Å². The van der Waals surface area contributed by atoms with Crippen molar-refractivity contribution in [2.24, 2.45) is 12.0 Å². The molecule has 1 aromatic carbocycles. The zero-order chi connectivity index (χ0) is 19.8. The molecule has 0 saturated heterocycles. The number of carbonyl (C=O) groups is 1. The fraction of sp³-hybridized carbons (Fsp3) is 0.400. The minimum atomic E-state index is -0.0369. The van der Waals surface area contributed by atoms with Gasteiger partial charge in [0.05, 0.1) is 13.1 Å². The molecule has 6 nitrogen and oxygen atoms in total. The van der Waals surface area contributed by atoms with Gasteiger partial charge in [0, 0.05) is 49.1 Å². The number of anilines is 1. The van der Waals surface area contributed by atoms with Crippen molar-refractivity contribution in [2.75, 3.05) is 25.5 Å². The van der Waals surface area contributed by atoms with E-state index < -0.39 is 0 Å². The van der Waals surface area contributed by atoms with Gasteiger partial charge in [-0.25, -0.2) is 0 Å². The maximum Gasteiger partial charge on any atom is 0.226 e. The number of hydrogen-bond acceptors (Lipinski definition) is 2. The summed E-state index contributed by atoms with van der Waals surface area (Å²) in [6, 6.07) is 9.92. The predicted molar refractivity (Wildman–Crippen MR) is 115 cm³/mol. The molecule has 7 heteroatoms. The Morgan fingerprint density at radius 1 is 1.33 bits per heavy atom. The van der Waals surface area contributed by atoms with Gasteiger partial charge >= 0.3 is 0 Å². The number of halogens is 1. The number of benzene rings is 1. The summed E-state index contributed by atoms with van der Waals surface area (Å²) in [5.74, 6) is 0.761. The monoisotopic (exact) mass is 433 g/mol. The number of guanidine groups is 1. The molecule has 27 heavy (non-hydrogen) atoms. The summed E-state index contributed by atoms with van der Waals surface area (Å²) in [6.45, 7) is 5.97. The van der Waals surface area contributed by atoms with Crippen molar-refractivity contribution in [3.63, 3.8) is 0 Å². The lowest BCUT2D eigenvalue weighted by Gasteiger charge is -2.22. The lowest BCUT2D eigenvalue weighted by molar-refractivity contribution is -0.116. The number of aliphatic imine (C=N–C) groups is 1. The van der Waals surface area contributed by atoms with Crippen molar-refractivity contribution in [1.29, 1.82) is 0 Å². The van der Waals surface area contributed by atoms with Crippen molar-refractivity contribution in [3.05, 3.63) is 52.3 Å². The minimum Gasteiger partial charge on any atom is -0.357 e. The molecule has 0 aliphatic heterocycles. The normalized spacial score (nSPS) is 11.4. The predicted octanol–water partition coefficient (Wildman–Crippen LogP) is 3.52. The Morgan fingerprint density at radius 3 is 2.74 bits per heavy atom. The largest absolute Gasteiger partial charge is 0.357 e. The highest BCUT2D eigenvalue weighted by molar-refractivity contribution is 9.10. The molecule has 0 fully saturated rings. The van der Waals surface area contributed by atoms with E-state index in [0.717, 1.165) is 34.8 Å². The van der Waals surface area contributed by atoms with Crippen LogP contribution in [0.1, 0.15) is 24.6 Å². The Labute approximate surface area is 169 Å². The first-order valence-electron chi connectivity index (χ1n) is 9.06. The highest BCUT2D eigenvalue weighted by Crippen LogP contribution is 2.20. The van der Waals surface area contributed by atoms with Crippen molar-refractivity contribution in [2.45, 2.75) is 26.8 Å². The Bertz CT molecular complexity index is 799. The van der Waals surface area contributed by atoms with E-state index in [1.165, 1.54) is 5.69 Å². The number of aromatic nitrogens is 1. The summed E-state index contributed by atoms with van der Waals surface area (Å²) in [4.78, 5) is 18.9. The zero-order valence-corrected chi connectivity index (χ0v) is 18.0. The smallest absolute Gasteiger partial charge is 0.226 e. The zero-order valence-electron chi connectivity index (χ0n) is 16.4. The molecule has 1 amide bonds. The molecule has 146 valence electrons. The van der Waals surface area contributed by atoms with Crippen LogP contribution in [-0.4, -0.2) is 41.5 Å². The number of nitrogens with one attached hydrogen (secondary N) is 2. The Hall–Kier alpha value is -2.28. The van der Waals surface area contributed by atoms with Crippen molar-refractivity contribution >= 4 is 33.5 Å². The molecule has 0 aliphatic rings. The number of aryl methyl sites for hydroxylation is 2. The molecule has 0 bridgehead atoms. The summed E-state index contributed by atoms with van der Waals surface area (Å²) in [6.07, 6.45) is 2.37. The highest BCUT2D eigenvalue weighted by atomic mass is 79.9. The second kappa shape index (κ2) is 10.2. The molecule has 1 aromatic heterocycles. The maximum atomic E-state index is 12.2. The van der Waals surface area contributed by atoms with Gasteiger partial charge < -0.3 is 20.1 Å². The molecule has 0 saturated carbocycles. The van der Waals surface area contributed by atoms with Gasteiger partial charge in [0.15, 0.2) is 5.96 Å². The van der Waals surface area contributed by atoms with Gasteiger partial charge in [-0.05, 0) is 49.7 Å². The summed E-state index contributed by atoms with van der Waals surface area (Å²) in [5.41, 5.74) is 3.06. The molecule has 2 aromatic rings. The number of carbonyl (C=O) groups excluding carboxylic acids is 1. The first kappa shape index (κ1) is 21.0. The fourth-order valence-corrected chi connectivity index (χ4v) is 3.17. The van der Waals surface area contributed by atoms with Crippen molar-refractivity contribution in [1.82, 2.24) is 14.8 Å². The third-order valence-corrected chi connectivity index (χ3v) is 4.70. The molecular weight excluding hydrogens is 406 g/mol. The molecule has 0 atom stereocenters. The van der Waals surface area contributed by atoms with Crippen LogP contribution in [0.25, 0.3) is 0 Å². The van der Waals surface area contributed by atoms with Crippen LogP contribution in [0.5, 0.6) is 0 Å². The van der Waals surface area contributed by atoms with Crippen LogP contribution in [0, 0.1) is 6.92 Å². The first-order chi connectivity index (χ1) is 12.9. The minimum absolute atomic E-state index is 0.0369. The molecule has 0 spiro atoms. The quantitative estimate of drug-likeness (QED) is 0.518. The second-order valence-electron chi connectivity index (χ2n) is 6.46. The lowest BCUT2D eigenvalue weighted by Crippen LogP contribution is -2.39. The van der Waals surface area contributed by atoms with Crippen LogP contribution in [-0.2, 0) is 18.4 Å². The maximum absolute atomic E-state index is 12.2. The highest BCUT2D eigenvalue weighted by Gasteiger charge is 2.09. The molecule has 0 unspecified atom stereocenters. The van der Waals surface area contributed by atoms with Crippen LogP contribution in [0.15, 0.2) is 46.0 Å². The Morgan fingerprint density at radius 2 is 2.11 bits per heavy atom. The Balaban J connectivity index is 1.91. The van der Waals surface area contributed by atoms with E-state index in [1.807, 2.05) is 58.4 Å². The SMILES string of the molecule is CCNC(=NCCC(=O)Nc1ccc(Br)cc1C)N(C)Cc1cccn1C. The summed E-state index contributed by atoms with van der Waals surface area (Å²) < 4.78 is 3.09. The number of rotatable bonds is 7. The topological polar surface area (TPSA) is 61.7 Å².